The van der Waals surface area contributed by atoms with Crippen LogP contribution in [0.1, 0.15) is 5.56 Å². The molecule has 0 atom stereocenters. The van der Waals surface area contributed by atoms with Crippen molar-refractivity contribution in [1.29, 1.82) is 0 Å². The van der Waals surface area contributed by atoms with Crippen molar-refractivity contribution in [3.63, 3.8) is 0 Å². The Bertz CT molecular complexity index is 517. The summed E-state index contributed by atoms with van der Waals surface area (Å²) in [6.45, 7) is 0. The van der Waals surface area contributed by atoms with E-state index in [1.165, 1.54) is 18.4 Å². The number of aliphatic imine (C=N–C) groups is 2. The van der Waals surface area contributed by atoms with E-state index in [0.717, 1.165) is 17.0 Å². The van der Waals surface area contributed by atoms with Gasteiger partial charge in [-0.25, -0.2) is 9.38 Å². The molecule has 74 valence electrons. The van der Waals surface area contributed by atoms with E-state index >= 15 is 0 Å². The van der Waals surface area contributed by atoms with E-state index < -0.39 is 0 Å². The molecule has 2 aliphatic rings. The Morgan fingerprint density at radius 3 is 3.20 bits per heavy atom. The van der Waals surface area contributed by atoms with E-state index in [1.54, 1.807) is 12.3 Å². The van der Waals surface area contributed by atoms with Crippen LogP contribution in [-0.4, -0.2) is 11.6 Å². The largest absolute Gasteiger partial charge is 0.444 e. The first kappa shape index (κ1) is 8.35. The Morgan fingerprint density at radius 2 is 2.27 bits per heavy atom. The van der Waals surface area contributed by atoms with E-state index in [2.05, 4.69) is 9.98 Å². The van der Waals surface area contributed by atoms with Crippen LogP contribution in [0.5, 0.6) is 0 Å². The second-order valence-corrected chi connectivity index (χ2v) is 3.35. The third-order valence-corrected chi connectivity index (χ3v) is 2.34. The van der Waals surface area contributed by atoms with Crippen molar-refractivity contribution >= 4 is 17.3 Å². The molecule has 15 heavy (non-hydrogen) atoms. The lowest BCUT2D eigenvalue weighted by Crippen LogP contribution is -2.23. The highest BCUT2D eigenvalue weighted by molar-refractivity contribution is 6.41. The summed E-state index contributed by atoms with van der Waals surface area (Å²) < 4.78 is 18.2. The quantitative estimate of drug-likeness (QED) is 0.635. The van der Waals surface area contributed by atoms with Crippen molar-refractivity contribution in [1.82, 2.24) is 0 Å². The van der Waals surface area contributed by atoms with E-state index in [4.69, 9.17) is 4.74 Å². The summed E-state index contributed by atoms with van der Waals surface area (Å²) in [4.78, 5) is 8.39. The number of ether oxygens (including phenoxy) is 1. The molecule has 1 aromatic carbocycles. The molecule has 0 saturated carbocycles. The Morgan fingerprint density at radius 1 is 1.33 bits per heavy atom. The highest BCUT2D eigenvalue weighted by Gasteiger charge is 2.21. The molecule has 2 aliphatic heterocycles. The van der Waals surface area contributed by atoms with Crippen molar-refractivity contribution < 1.29 is 9.13 Å². The number of nitrogens with zero attached hydrogens (tertiary/aromatic N) is 2. The SMILES string of the molecule is Fc1ccc2c(c1)CC1=NC=COC1=N2. The van der Waals surface area contributed by atoms with Crippen LogP contribution in [0.25, 0.3) is 0 Å². The van der Waals surface area contributed by atoms with Crippen LogP contribution < -0.4 is 0 Å². The molecule has 0 bridgehead atoms. The molecule has 0 saturated heterocycles. The monoisotopic (exact) mass is 202 g/mol. The van der Waals surface area contributed by atoms with Crippen LogP contribution in [0, 0.1) is 5.82 Å². The van der Waals surface area contributed by atoms with Crippen molar-refractivity contribution in [2.45, 2.75) is 6.42 Å². The minimum absolute atomic E-state index is 0.250. The van der Waals surface area contributed by atoms with Gasteiger partial charge >= 0.3 is 0 Å². The molecule has 0 fully saturated rings. The van der Waals surface area contributed by atoms with Crippen molar-refractivity contribution in [3.8, 4) is 0 Å². The van der Waals surface area contributed by atoms with Gasteiger partial charge in [0, 0.05) is 6.42 Å². The highest BCUT2D eigenvalue weighted by atomic mass is 19.1. The van der Waals surface area contributed by atoms with Crippen molar-refractivity contribution in [3.05, 3.63) is 42.0 Å². The van der Waals surface area contributed by atoms with Gasteiger partial charge in [-0.05, 0) is 23.8 Å². The number of rotatable bonds is 0. The maximum atomic E-state index is 13.0. The van der Waals surface area contributed by atoms with Gasteiger partial charge in [-0.2, -0.15) is 0 Å². The smallest absolute Gasteiger partial charge is 0.241 e. The van der Waals surface area contributed by atoms with E-state index in [1.807, 2.05) is 0 Å². The van der Waals surface area contributed by atoms with Gasteiger partial charge in [0.2, 0.25) is 5.90 Å². The van der Waals surface area contributed by atoms with Gasteiger partial charge in [0.05, 0.1) is 11.9 Å². The van der Waals surface area contributed by atoms with Gasteiger partial charge in [-0.3, -0.25) is 4.99 Å². The second-order valence-electron chi connectivity index (χ2n) is 3.35. The third-order valence-electron chi connectivity index (χ3n) is 2.34. The molecular formula is C11H7FN2O. The molecular weight excluding hydrogens is 195 g/mol. The first-order valence-corrected chi connectivity index (χ1v) is 4.59. The van der Waals surface area contributed by atoms with Gasteiger partial charge in [-0.1, -0.05) is 0 Å². The summed E-state index contributed by atoms with van der Waals surface area (Å²) in [6, 6.07) is 4.52. The Labute approximate surface area is 85.6 Å². The number of hydrogen-bond donors (Lipinski definition) is 0. The molecule has 2 heterocycles. The fourth-order valence-electron chi connectivity index (χ4n) is 1.65. The summed E-state index contributed by atoms with van der Waals surface area (Å²) in [5.74, 6) is 0.261. The van der Waals surface area contributed by atoms with Gasteiger partial charge in [0.15, 0.2) is 0 Å². The third kappa shape index (κ3) is 1.34. The molecule has 0 amide bonds. The van der Waals surface area contributed by atoms with Crippen LogP contribution in [0.4, 0.5) is 10.1 Å². The topological polar surface area (TPSA) is 34.0 Å². The number of fused-ring (bicyclic) bond motifs is 2. The van der Waals surface area contributed by atoms with Crippen LogP contribution >= 0.6 is 0 Å². The fourth-order valence-corrected chi connectivity index (χ4v) is 1.65. The molecule has 3 rings (SSSR count). The number of hydrogen-bond acceptors (Lipinski definition) is 3. The van der Waals surface area contributed by atoms with Crippen LogP contribution in [0.15, 0.2) is 40.6 Å². The maximum absolute atomic E-state index is 13.0. The normalized spacial score (nSPS) is 17.1. The highest BCUT2D eigenvalue weighted by Crippen LogP contribution is 2.26. The minimum Gasteiger partial charge on any atom is -0.444 e. The molecule has 1 aromatic rings. The van der Waals surface area contributed by atoms with Crippen LogP contribution in [0.3, 0.4) is 0 Å². The predicted molar refractivity (Wildman–Crippen MR) is 54.9 cm³/mol. The molecule has 0 unspecified atom stereocenters. The van der Waals surface area contributed by atoms with Crippen LogP contribution in [0.2, 0.25) is 0 Å². The standard InChI is InChI=1S/C11H7FN2O/c12-8-1-2-9-7(5-8)6-10-11(14-9)15-4-3-13-10/h1-5H,6H2. The number of halogens is 1. The molecule has 3 nitrogen and oxygen atoms in total. The Hall–Kier alpha value is -1.97. The summed E-state index contributed by atoms with van der Waals surface area (Å²) in [5, 5.41) is 0. The van der Waals surface area contributed by atoms with Gasteiger partial charge in [0.25, 0.3) is 0 Å². The van der Waals surface area contributed by atoms with Crippen LogP contribution in [-0.2, 0) is 11.2 Å². The Kier molecular flexibility index (Phi) is 1.68. The maximum Gasteiger partial charge on any atom is 0.241 e. The lowest BCUT2D eigenvalue weighted by molar-refractivity contribution is 0.474. The fraction of sp³-hybridized carbons (Fsp3) is 0.0909. The zero-order chi connectivity index (χ0) is 10.3. The average Bonchev–Trinajstić information content (AvgIpc) is 2.26. The molecule has 0 radical (unpaired) electrons. The lowest BCUT2D eigenvalue weighted by atomic mass is 10.0. The van der Waals surface area contributed by atoms with E-state index in [9.17, 15) is 4.39 Å². The van der Waals surface area contributed by atoms with E-state index in [-0.39, 0.29) is 5.82 Å². The molecule has 0 N–H and O–H groups in total. The summed E-state index contributed by atoms with van der Waals surface area (Å²) in [5.41, 5.74) is 2.34. The predicted octanol–water partition coefficient (Wildman–Crippen LogP) is 2.35. The zero-order valence-electron chi connectivity index (χ0n) is 7.77. The van der Waals surface area contributed by atoms with Gasteiger partial charge in [-0.15, -0.1) is 0 Å². The lowest BCUT2D eigenvalue weighted by Gasteiger charge is -2.17. The van der Waals surface area contributed by atoms with E-state index in [0.29, 0.717) is 12.3 Å². The average molecular weight is 202 g/mol. The molecule has 4 heteroatoms. The second kappa shape index (κ2) is 3.02. The minimum atomic E-state index is -0.250. The molecule has 0 aliphatic carbocycles. The van der Waals surface area contributed by atoms with Gasteiger partial charge in [0.1, 0.15) is 17.8 Å². The zero-order valence-corrected chi connectivity index (χ0v) is 7.77. The van der Waals surface area contributed by atoms with Crippen molar-refractivity contribution in [2.24, 2.45) is 9.98 Å². The van der Waals surface area contributed by atoms with Gasteiger partial charge < -0.3 is 4.74 Å². The number of benzene rings is 1. The summed E-state index contributed by atoms with van der Waals surface area (Å²) in [7, 11) is 0. The molecule has 0 spiro atoms. The van der Waals surface area contributed by atoms with Crippen molar-refractivity contribution in [2.75, 3.05) is 0 Å². The summed E-state index contributed by atoms with van der Waals surface area (Å²) in [6.07, 6.45) is 3.62. The first-order chi connectivity index (χ1) is 7.33. The Balaban J connectivity index is 2.14. The first-order valence-electron chi connectivity index (χ1n) is 4.59. The summed E-state index contributed by atoms with van der Waals surface area (Å²) >= 11 is 0. The molecule has 0 aromatic heterocycles.